The Bertz CT molecular complexity index is 744. The number of benzene rings is 2. The summed E-state index contributed by atoms with van der Waals surface area (Å²) in [5.74, 6) is 0.00873. The summed E-state index contributed by atoms with van der Waals surface area (Å²) in [5, 5.41) is 0. The molecule has 0 aromatic heterocycles. The molecule has 0 aliphatic carbocycles. The molecule has 21 heavy (non-hydrogen) atoms. The molecular weight excluding hydrogens is 293 g/mol. The minimum Gasteiger partial charge on any atom is -0.496 e. The highest BCUT2D eigenvalue weighted by atomic mass is 32.2. The van der Waals surface area contributed by atoms with Crippen LogP contribution in [-0.2, 0) is 16.6 Å². The van der Waals surface area contributed by atoms with E-state index in [0.717, 1.165) is 6.07 Å². The van der Waals surface area contributed by atoms with E-state index in [4.69, 9.17) is 4.74 Å². The van der Waals surface area contributed by atoms with Gasteiger partial charge in [-0.25, -0.2) is 17.5 Å². The second-order valence-corrected chi connectivity index (χ2v) is 6.28. The van der Waals surface area contributed by atoms with Gasteiger partial charge in [-0.3, -0.25) is 0 Å². The Morgan fingerprint density at radius 3 is 2.62 bits per heavy atom. The molecule has 0 spiro atoms. The Kier molecular flexibility index (Phi) is 4.59. The molecule has 0 fully saturated rings. The van der Waals surface area contributed by atoms with Gasteiger partial charge in [0, 0.05) is 12.1 Å². The van der Waals surface area contributed by atoms with Crippen LogP contribution in [0.5, 0.6) is 5.75 Å². The average molecular weight is 309 g/mol. The van der Waals surface area contributed by atoms with Crippen molar-refractivity contribution in [2.24, 2.45) is 0 Å². The van der Waals surface area contributed by atoms with E-state index in [2.05, 4.69) is 4.72 Å². The third-order valence-corrected chi connectivity index (χ3v) is 4.63. The van der Waals surface area contributed by atoms with Crippen molar-refractivity contribution in [2.45, 2.75) is 18.4 Å². The lowest BCUT2D eigenvalue weighted by Gasteiger charge is -2.11. The van der Waals surface area contributed by atoms with Crippen molar-refractivity contribution < 1.29 is 17.5 Å². The average Bonchev–Trinajstić information content (AvgIpc) is 2.48. The summed E-state index contributed by atoms with van der Waals surface area (Å²) in [6.45, 7) is 1.69. The van der Waals surface area contributed by atoms with E-state index in [1.165, 1.54) is 19.2 Å². The van der Waals surface area contributed by atoms with Gasteiger partial charge in [-0.1, -0.05) is 24.3 Å². The fourth-order valence-electron chi connectivity index (χ4n) is 1.96. The third-order valence-electron chi connectivity index (χ3n) is 3.08. The van der Waals surface area contributed by atoms with E-state index in [1.807, 2.05) is 0 Å². The van der Waals surface area contributed by atoms with Crippen molar-refractivity contribution in [3.05, 3.63) is 59.4 Å². The lowest BCUT2D eigenvalue weighted by atomic mass is 10.2. The zero-order valence-corrected chi connectivity index (χ0v) is 12.6. The Morgan fingerprint density at radius 1 is 1.19 bits per heavy atom. The van der Waals surface area contributed by atoms with Crippen LogP contribution < -0.4 is 9.46 Å². The molecule has 112 valence electrons. The Balaban J connectivity index is 2.24. The maximum atomic E-state index is 13.2. The van der Waals surface area contributed by atoms with Gasteiger partial charge in [0.05, 0.1) is 12.0 Å². The standard InChI is InChI=1S/C15H16FNO3S/c1-11-7-8-13(16)9-15(11)21(18,19)17-10-12-5-3-4-6-14(12)20-2/h3-9,17H,10H2,1-2H3. The van der Waals surface area contributed by atoms with Crippen LogP contribution >= 0.6 is 0 Å². The summed E-state index contributed by atoms with van der Waals surface area (Å²) in [6, 6.07) is 10.8. The van der Waals surface area contributed by atoms with Crippen LogP contribution in [0.1, 0.15) is 11.1 Å². The molecule has 0 aliphatic heterocycles. The summed E-state index contributed by atoms with van der Waals surface area (Å²) in [6.07, 6.45) is 0. The topological polar surface area (TPSA) is 55.4 Å². The summed E-state index contributed by atoms with van der Waals surface area (Å²) >= 11 is 0. The molecule has 0 aliphatic rings. The van der Waals surface area contributed by atoms with E-state index in [0.29, 0.717) is 16.9 Å². The molecule has 0 saturated carbocycles. The molecule has 6 heteroatoms. The highest BCUT2D eigenvalue weighted by Gasteiger charge is 2.18. The zero-order valence-electron chi connectivity index (χ0n) is 11.8. The Labute approximate surface area is 123 Å². The predicted octanol–water partition coefficient (Wildman–Crippen LogP) is 2.62. The first-order valence-corrected chi connectivity index (χ1v) is 7.80. The molecule has 0 amide bonds. The number of para-hydroxylation sites is 1. The van der Waals surface area contributed by atoms with Gasteiger partial charge in [0.2, 0.25) is 10.0 Å². The molecule has 2 rings (SSSR count). The largest absolute Gasteiger partial charge is 0.496 e. The van der Waals surface area contributed by atoms with Crippen LogP contribution in [0.4, 0.5) is 4.39 Å². The van der Waals surface area contributed by atoms with Gasteiger partial charge >= 0.3 is 0 Å². The molecule has 1 N–H and O–H groups in total. The number of methoxy groups -OCH3 is 1. The molecule has 0 radical (unpaired) electrons. The van der Waals surface area contributed by atoms with E-state index < -0.39 is 15.8 Å². The van der Waals surface area contributed by atoms with Crippen LogP contribution in [-0.4, -0.2) is 15.5 Å². The maximum absolute atomic E-state index is 13.2. The molecule has 4 nitrogen and oxygen atoms in total. The van der Waals surface area contributed by atoms with Gasteiger partial charge in [0.1, 0.15) is 11.6 Å². The first-order chi connectivity index (χ1) is 9.94. The normalized spacial score (nSPS) is 11.4. The highest BCUT2D eigenvalue weighted by Crippen LogP contribution is 2.20. The van der Waals surface area contributed by atoms with Crippen molar-refractivity contribution in [1.29, 1.82) is 0 Å². The van der Waals surface area contributed by atoms with Gasteiger partial charge in [-0.05, 0) is 30.7 Å². The Hall–Kier alpha value is -1.92. The minimum atomic E-state index is -3.78. The molecule has 0 saturated heterocycles. The van der Waals surface area contributed by atoms with Crippen molar-refractivity contribution in [3.8, 4) is 5.75 Å². The quantitative estimate of drug-likeness (QED) is 0.923. The lowest BCUT2D eigenvalue weighted by Crippen LogP contribution is -2.24. The van der Waals surface area contributed by atoms with Crippen LogP contribution in [0.25, 0.3) is 0 Å². The number of rotatable bonds is 5. The molecule has 0 atom stereocenters. The van der Waals surface area contributed by atoms with E-state index >= 15 is 0 Å². The SMILES string of the molecule is COc1ccccc1CNS(=O)(=O)c1cc(F)ccc1C. The minimum absolute atomic E-state index is 0.0580. The number of aryl methyl sites for hydroxylation is 1. The van der Waals surface area contributed by atoms with Gasteiger partial charge in [-0.2, -0.15) is 0 Å². The highest BCUT2D eigenvalue weighted by molar-refractivity contribution is 7.89. The number of ether oxygens (including phenoxy) is 1. The molecule has 2 aromatic carbocycles. The lowest BCUT2D eigenvalue weighted by molar-refractivity contribution is 0.409. The first kappa shape index (κ1) is 15.5. The molecule has 0 unspecified atom stereocenters. The van der Waals surface area contributed by atoms with Gasteiger partial charge in [0.15, 0.2) is 0 Å². The Morgan fingerprint density at radius 2 is 1.90 bits per heavy atom. The number of halogens is 1. The first-order valence-electron chi connectivity index (χ1n) is 6.32. The number of nitrogens with one attached hydrogen (secondary N) is 1. The predicted molar refractivity (Wildman–Crippen MR) is 78.2 cm³/mol. The van der Waals surface area contributed by atoms with Crippen molar-refractivity contribution >= 4 is 10.0 Å². The van der Waals surface area contributed by atoms with E-state index in [9.17, 15) is 12.8 Å². The van der Waals surface area contributed by atoms with Gasteiger partial charge in [-0.15, -0.1) is 0 Å². The van der Waals surface area contributed by atoms with Gasteiger partial charge < -0.3 is 4.74 Å². The van der Waals surface area contributed by atoms with Crippen molar-refractivity contribution in [2.75, 3.05) is 7.11 Å². The van der Waals surface area contributed by atoms with E-state index in [-0.39, 0.29) is 11.4 Å². The molecular formula is C15H16FNO3S. The monoisotopic (exact) mass is 309 g/mol. The summed E-state index contributed by atoms with van der Waals surface area (Å²) in [4.78, 5) is -0.0580. The van der Waals surface area contributed by atoms with Crippen molar-refractivity contribution in [3.63, 3.8) is 0 Å². The zero-order chi connectivity index (χ0) is 15.5. The maximum Gasteiger partial charge on any atom is 0.241 e. The number of sulfonamides is 1. The molecule has 0 heterocycles. The van der Waals surface area contributed by atoms with Crippen LogP contribution in [0.3, 0.4) is 0 Å². The fourth-order valence-corrected chi connectivity index (χ4v) is 3.22. The van der Waals surface area contributed by atoms with Crippen LogP contribution in [0.15, 0.2) is 47.4 Å². The summed E-state index contributed by atoms with van der Waals surface area (Å²) in [5.41, 5.74) is 1.20. The smallest absolute Gasteiger partial charge is 0.241 e. The third kappa shape index (κ3) is 3.59. The number of hydrogen-bond donors (Lipinski definition) is 1. The fraction of sp³-hybridized carbons (Fsp3) is 0.200. The van der Waals surface area contributed by atoms with Crippen LogP contribution in [0.2, 0.25) is 0 Å². The second kappa shape index (κ2) is 6.24. The van der Waals surface area contributed by atoms with E-state index in [1.54, 1.807) is 31.2 Å². The van der Waals surface area contributed by atoms with Gasteiger partial charge in [0.25, 0.3) is 0 Å². The van der Waals surface area contributed by atoms with Crippen LogP contribution in [0, 0.1) is 12.7 Å². The summed E-state index contributed by atoms with van der Waals surface area (Å²) in [7, 11) is -2.26. The van der Waals surface area contributed by atoms with Crippen molar-refractivity contribution in [1.82, 2.24) is 4.72 Å². The molecule has 2 aromatic rings. The summed E-state index contributed by atoms with van der Waals surface area (Å²) < 4.78 is 45.4. The number of hydrogen-bond acceptors (Lipinski definition) is 3. The second-order valence-electron chi connectivity index (χ2n) is 4.55. The molecule has 0 bridgehead atoms.